The molecular weight excluding hydrogens is 147 g/mol. The molecule has 0 spiro atoms. The summed E-state index contributed by atoms with van der Waals surface area (Å²) in [5.74, 6) is 0. The molecule has 0 atom stereocenters. The van der Waals surface area contributed by atoms with Crippen LogP contribution in [0.2, 0.25) is 0 Å². The second-order valence-electron chi connectivity index (χ2n) is 2.40. The van der Waals surface area contributed by atoms with Crippen molar-refractivity contribution in [3.8, 4) is 0 Å². The summed E-state index contributed by atoms with van der Waals surface area (Å²) >= 11 is 0. The minimum Gasteiger partial charge on any atom is -0.208 e. The maximum absolute atomic E-state index is 2.20. The zero-order chi connectivity index (χ0) is 6.15. The monoisotopic (exact) mass is 158 g/mol. The summed E-state index contributed by atoms with van der Waals surface area (Å²) in [4.78, 5) is 0. The maximum Gasteiger partial charge on any atom is 0 e. The molecule has 0 aromatic heterocycles. The van der Waals surface area contributed by atoms with Gasteiger partial charge in [-0.15, -0.1) is 0 Å². The van der Waals surface area contributed by atoms with Gasteiger partial charge in [0.1, 0.15) is 0 Å². The van der Waals surface area contributed by atoms with Crippen molar-refractivity contribution in [2.24, 2.45) is 0 Å². The molecule has 1 radical (unpaired) electrons. The van der Waals surface area contributed by atoms with Gasteiger partial charge in [0, 0.05) is 18.6 Å². The fourth-order valence-electron chi connectivity index (χ4n) is 0.952. The Bertz CT molecular complexity index is 167. The van der Waals surface area contributed by atoms with Gasteiger partial charge in [0.05, 0.1) is 0 Å². The first kappa shape index (κ1) is 8.93. The fraction of sp³-hybridized carbons (Fsp3) is 0.375. The molecule has 1 heteroatoms. The predicted molar refractivity (Wildman–Crippen MR) is 36.2 cm³/mol. The van der Waals surface area contributed by atoms with Crippen LogP contribution in [0.25, 0.3) is 0 Å². The van der Waals surface area contributed by atoms with Crippen molar-refractivity contribution in [3.05, 3.63) is 28.8 Å². The summed E-state index contributed by atoms with van der Waals surface area (Å²) in [6, 6.07) is 4.41. The molecule has 0 nitrogen and oxygen atoms in total. The fourth-order valence-corrected chi connectivity index (χ4v) is 0.952. The van der Waals surface area contributed by atoms with Gasteiger partial charge in [-0.3, -0.25) is 0 Å². The van der Waals surface area contributed by atoms with E-state index >= 15 is 0 Å². The smallest absolute Gasteiger partial charge is 0 e. The van der Waals surface area contributed by atoms with Gasteiger partial charge in [-0.05, 0) is 0 Å². The normalized spacial score (nSPS) is 8.78. The van der Waals surface area contributed by atoms with Gasteiger partial charge >= 0.3 is 0 Å². The van der Waals surface area contributed by atoms with Crippen LogP contribution in [0.5, 0.6) is 0 Å². The van der Waals surface area contributed by atoms with Gasteiger partial charge in [-0.2, -0.15) is 17.2 Å². The standard InChI is InChI=1S/C8H11.V/c1-6-4-7(2)8(3)5-6;/h4-5H,1-3H3;/q-1;. The van der Waals surface area contributed by atoms with Gasteiger partial charge in [0.2, 0.25) is 0 Å². The summed E-state index contributed by atoms with van der Waals surface area (Å²) in [5.41, 5.74) is 4.19. The quantitative estimate of drug-likeness (QED) is 0.508. The molecule has 1 aromatic rings. The number of hydrogen-bond acceptors (Lipinski definition) is 0. The van der Waals surface area contributed by atoms with Crippen LogP contribution in [0.15, 0.2) is 12.1 Å². The summed E-state index contributed by atoms with van der Waals surface area (Å²) < 4.78 is 0. The van der Waals surface area contributed by atoms with E-state index in [-0.39, 0.29) is 18.6 Å². The topological polar surface area (TPSA) is 0 Å². The molecule has 0 N–H and O–H groups in total. The van der Waals surface area contributed by atoms with Crippen LogP contribution in [-0.4, -0.2) is 0 Å². The molecule has 0 saturated heterocycles. The molecule has 0 unspecified atom stereocenters. The van der Waals surface area contributed by atoms with E-state index in [0.717, 1.165) is 0 Å². The van der Waals surface area contributed by atoms with Crippen LogP contribution in [0, 0.1) is 20.8 Å². The van der Waals surface area contributed by atoms with E-state index in [1.165, 1.54) is 16.7 Å². The zero-order valence-electron chi connectivity index (χ0n) is 6.10. The molecule has 0 amide bonds. The molecule has 9 heavy (non-hydrogen) atoms. The molecule has 0 saturated carbocycles. The van der Waals surface area contributed by atoms with Gasteiger partial charge in [0.25, 0.3) is 0 Å². The predicted octanol–water partition coefficient (Wildman–Crippen LogP) is 2.33. The third-order valence-corrected chi connectivity index (χ3v) is 1.51. The van der Waals surface area contributed by atoms with Gasteiger partial charge in [0.15, 0.2) is 0 Å². The van der Waals surface area contributed by atoms with Gasteiger partial charge < -0.3 is 0 Å². The SMILES string of the molecule is Cc1cc(C)[c-](C)c1.[V]. The number of rotatable bonds is 0. The van der Waals surface area contributed by atoms with Crippen molar-refractivity contribution in [1.29, 1.82) is 0 Å². The Balaban J connectivity index is 0.000000640. The van der Waals surface area contributed by atoms with Crippen LogP contribution in [-0.2, 0) is 18.6 Å². The summed E-state index contributed by atoms with van der Waals surface area (Å²) in [6.45, 7) is 6.41. The summed E-state index contributed by atoms with van der Waals surface area (Å²) in [6.07, 6.45) is 0. The molecule has 0 aliphatic heterocycles. The molecule has 0 heterocycles. The average molecular weight is 158 g/mol. The Kier molecular flexibility index (Phi) is 3.17. The maximum atomic E-state index is 2.20. The Morgan fingerprint density at radius 3 is 2.00 bits per heavy atom. The third kappa shape index (κ3) is 1.96. The van der Waals surface area contributed by atoms with Crippen LogP contribution >= 0.6 is 0 Å². The third-order valence-electron chi connectivity index (χ3n) is 1.51. The van der Waals surface area contributed by atoms with E-state index in [1.807, 2.05) is 0 Å². The van der Waals surface area contributed by atoms with Crippen LogP contribution in [0.1, 0.15) is 16.7 Å². The molecule has 1 rings (SSSR count). The van der Waals surface area contributed by atoms with E-state index in [2.05, 4.69) is 32.9 Å². The Hall–Kier alpha value is -0.0656. The van der Waals surface area contributed by atoms with Crippen LogP contribution < -0.4 is 0 Å². The van der Waals surface area contributed by atoms with Crippen molar-refractivity contribution >= 4 is 0 Å². The molecule has 0 aliphatic rings. The minimum atomic E-state index is 0. The number of aryl methyl sites for hydroxylation is 3. The summed E-state index contributed by atoms with van der Waals surface area (Å²) in [5, 5.41) is 0. The van der Waals surface area contributed by atoms with Gasteiger partial charge in [-0.25, -0.2) is 11.6 Å². The Labute approximate surface area is 68.5 Å². The second-order valence-corrected chi connectivity index (χ2v) is 2.40. The van der Waals surface area contributed by atoms with Crippen molar-refractivity contribution < 1.29 is 18.6 Å². The first-order valence-corrected chi connectivity index (χ1v) is 2.90. The Morgan fingerprint density at radius 1 is 1.33 bits per heavy atom. The molecule has 0 aliphatic carbocycles. The van der Waals surface area contributed by atoms with Crippen molar-refractivity contribution in [2.75, 3.05) is 0 Å². The molecule has 0 fully saturated rings. The number of hydrogen-bond donors (Lipinski definition) is 0. The van der Waals surface area contributed by atoms with Crippen molar-refractivity contribution in [3.63, 3.8) is 0 Å². The largest absolute Gasteiger partial charge is 0.208 e. The van der Waals surface area contributed by atoms with E-state index in [4.69, 9.17) is 0 Å². The first-order valence-electron chi connectivity index (χ1n) is 2.90. The van der Waals surface area contributed by atoms with Crippen molar-refractivity contribution in [2.45, 2.75) is 20.8 Å². The first-order chi connectivity index (χ1) is 3.70. The molecule has 1 aromatic carbocycles. The minimum absolute atomic E-state index is 0. The zero-order valence-corrected chi connectivity index (χ0v) is 7.50. The van der Waals surface area contributed by atoms with E-state index < -0.39 is 0 Å². The average Bonchev–Trinajstić information content (AvgIpc) is 1.85. The Morgan fingerprint density at radius 2 is 1.89 bits per heavy atom. The van der Waals surface area contributed by atoms with E-state index in [1.54, 1.807) is 0 Å². The summed E-state index contributed by atoms with van der Waals surface area (Å²) in [7, 11) is 0. The molecular formula is C8H11V-. The molecule has 49 valence electrons. The van der Waals surface area contributed by atoms with Crippen molar-refractivity contribution in [1.82, 2.24) is 0 Å². The van der Waals surface area contributed by atoms with Crippen LogP contribution in [0.3, 0.4) is 0 Å². The van der Waals surface area contributed by atoms with E-state index in [9.17, 15) is 0 Å². The van der Waals surface area contributed by atoms with Crippen LogP contribution in [0.4, 0.5) is 0 Å². The van der Waals surface area contributed by atoms with E-state index in [0.29, 0.717) is 0 Å². The second kappa shape index (κ2) is 3.19. The van der Waals surface area contributed by atoms with Gasteiger partial charge in [-0.1, -0.05) is 20.8 Å². The molecule has 0 bridgehead atoms.